The first-order valence-corrected chi connectivity index (χ1v) is 11.9. The molecule has 1 atom stereocenters. The fraction of sp³-hybridized carbons (Fsp3) is 0.444. The highest BCUT2D eigenvalue weighted by Crippen LogP contribution is 2.39. The van der Waals surface area contributed by atoms with Crippen LogP contribution in [0.5, 0.6) is 0 Å². The van der Waals surface area contributed by atoms with Crippen molar-refractivity contribution in [2.75, 3.05) is 33.2 Å². The molecule has 6 heteroatoms. The van der Waals surface area contributed by atoms with Crippen LogP contribution in [0.1, 0.15) is 31.7 Å². The zero-order valence-corrected chi connectivity index (χ0v) is 19.5. The highest BCUT2D eigenvalue weighted by Gasteiger charge is 2.44. The van der Waals surface area contributed by atoms with E-state index in [1.54, 1.807) is 11.9 Å². The van der Waals surface area contributed by atoms with E-state index in [0.29, 0.717) is 45.4 Å². The summed E-state index contributed by atoms with van der Waals surface area (Å²) in [4.78, 5) is 41.7. The van der Waals surface area contributed by atoms with E-state index in [4.69, 9.17) is 0 Å². The molecule has 2 saturated heterocycles. The Hall–Kier alpha value is -3.15. The lowest BCUT2D eigenvalue weighted by molar-refractivity contribution is -0.143. The van der Waals surface area contributed by atoms with Crippen molar-refractivity contribution < 1.29 is 14.4 Å². The second kappa shape index (κ2) is 9.77. The Balaban J connectivity index is 1.54. The molecule has 1 N–H and O–H groups in total. The van der Waals surface area contributed by atoms with Crippen LogP contribution in [-0.4, -0.2) is 60.7 Å². The van der Waals surface area contributed by atoms with Gasteiger partial charge in [-0.3, -0.25) is 14.4 Å². The van der Waals surface area contributed by atoms with Crippen LogP contribution in [0.4, 0.5) is 0 Å². The van der Waals surface area contributed by atoms with Crippen LogP contribution in [0, 0.1) is 11.3 Å². The van der Waals surface area contributed by atoms with Gasteiger partial charge in [0, 0.05) is 39.6 Å². The normalized spacial score (nSPS) is 20.1. The molecule has 4 rings (SSSR count). The summed E-state index contributed by atoms with van der Waals surface area (Å²) in [7, 11) is 1.75. The molecule has 2 aliphatic rings. The number of carbonyl (C=O) groups excluding carboxylic acids is 3. The van der Waals surface area contributed by atoms with E-state index in [9.17, 15) is 14.4 Å². The maximum atomic E-state index is 13.3. The highest BCUT2D eigenvalue weighted by atomic mass is 16.2. The first-order valence-electron chi connectivity index (χ1n) is 11.9. The first-order chi connectivity index (χ1) is 15.9. The van der Waals surface area contributed by atoms with E-state index in [-0.39, 0.29) is 30.1 Å². The molecule has 0 radical (unpaired) electrons. The number of nitrogens with one attached hydrogen (secondary N) is 1. The van der Waals surface area contributed by atoms with Crippen LogP contribution in [-0.2, 0) is 20.8 Å². The molecule has 33 heavy (non-hydrogen) atoms. The summed E-state index contributed by atoms with van der Waals surface area (Å²) in [5.74, 6) is -0.129. The Morgan fingerprint density at radius 3 is 2.33 bits per heavy atom. The summed E-state index contributed by atoms with van der Waals surface area (Å²) in [5, 5.41) is 3.05. The topological polar surface area (TPSA) is 69.7 Å². The summed E-state index contributed by atoms with van der Waals surface area (Å²) < 4.78 is 0. The SMILES string of the molecule is CCNC(=O)C1(Cc2ccccc2-c2ccccc2)CCN(C(=O)[C@@H]2CC(=O)N(C)C2)CC1. The third kappa shape index (κ3) is 4.80. The molecular weight excluding hydrogens is 414 g/mol. The van der Waals surface area contributed by atoms with Gasteiger partial charge in [0.1, 0.15) is 0 Å². The van der Waals surface area contributed by atoms with Crippen LogP contribution >= 0.6 is 0 Å². The van der Waals surface area contributed by atoms with E-state index >= 15 is 0 Å². The number of nitrogens with zero attached hydrogens (tertiary/aromatic N) is 2. The smallest absolute Gasteiger partial charge is 0.227 e. The summed E-state index contributed by atoms with van der Waals surface area (Å²) in [6.45, 7) is 4.09. The van der Waals surface area contributed by atoms with Crippen molar-refractivity contribution in [2.45, 2.75) is 32.6 Å². The lowest BCUT2D eigenvalue weighted by Gasteiger charge is -2.41. The van der Waals surface area contributed by atoms with Crippen LogP contribution in [0.15, 0.2) is 54.6 Å². The van der Waals surface area contributed by atoms with Crippen molar-refractivity contribution in [3.05, 3.63) is 60.2 Å². The summed E-state index contributed by atoms with van der Waals surface area (Å²) in [6.07, 6.45) is 2.16. The molecule has 0 saturated carbocycles. The second-order valence-electron chi connectivity index (χ2n) is 9.34. The van der Waals surface area contributed by atoms with Gasteiger partial charge in [-0.15, -0.1) is 0 Å². The molecule has 0 unspecified atom stereocenters. The van der Waals surface area contributed by atoms with Gasteiger partial charge in [0.05, 0.1) is 11.3 Å². The molecule has 0 aromatic heterocycles. The predicted molar refractivity (Wildman–Crippen MR) is 128 cm³/mol. The molecular formula is C27H33N3O3. The van der Waals surface area contributed by atoms with E-state index in [0.717, 1.165) is 16.7 Å². The van der Waals surface area contributed by atoms with Gasteiger partial charge in [-0.1, -0.05) is 54.6 Å². The zero-order chi connectivity index (χ0) is 23.4. The number of likely N-dealkylation sites (tertiary alicyclic amines) is 2. The van der Waals surface area contributed by atoms with E-state index in [2.05, 4.69) is 29.6 Å². The predicted octanol–water partition coefficient (Wildman–Crippen LogP) is 3.12. The van der Waals surface area contributed by atoms with Crippen molar-refractivity contribution in [1.82, 2.24) is 15.1 Å². The van der Waals surface area contributed by atoms with Crippen molar-refractivity contribution in [1.29, 1.82) is 0 Å². The molecule has 6 nitrogen and oxygen atoms in total. The van der Waals surface area contributed by atoms with E-state index < -0.39 is 5.41 Å². The third-order valence-corrected chi connectivity index (χ3v) is 7.17. The van der Waals surface area contributed by atoms with Gasteiger partial charge in [-0.05, 0) is 42.9 Å². The lowest BCUT2D eigenvalue weighted by Crippen LogP contribution is -2.52. The van der Waals surface area contributed by atoms with Crippen LogP contribution in [0.25, 0.3) is 11.1 Å². The van der Waals surface area contributed by atoms with Crippen molar-refractivity contribution in [3.63, 3.8) is 0 Å². The number of carbonyl (C=O) groups is 3. The number of piperidine rings is 1. The quantitative estimate of drug-likeness (QED) is 0.740. The Kier molecular flexibility index (Phi) is 6.82. The highest BCUT2D eigenvalue weighted by molar-refractivity contribution is 5.89. The largest absolute Gasteiger partial charge is 0.356 e. The average molecular weight is 448 g/mol. The number of benzene rings is 2. The molecule has 0 aliphatic carbocycles. The monoisotopic (exact) mass is 447 g/mol. The maximum Gasteiger partial charge on any atom is 0.227 e. The molecule has 2 aliphatic heterocycles. The summed E-state index contributed by atoms with van der Waals surface area (Å²) in [6, 6.07) is 18.5. The molecule has 3 amide bonds. The molecule has 2 aromatic rings. The summed E-state index contributed by atoms with van der Waals surface area (Å²) >= 11 is 0. The Morgan fingerprint density at radius 1 is 1.03 bits per heavy atom. The Bertz CT molecular complexity index is 1010. The number of hydrogen-bond donors (Lipinski definition) is 1. The number of hydrogen-bond acceptors (Lipinski definition) is 3. The minimum Gasteiger partial charge on any atom is -0.356 e. The third-order valence-electron chi connectivity index (χ3n) is 7.17. The molecule has 0 spiro atoms. The van der Waals surface area contributed by atoms with Gasteiger partial charge in [0.25, 0.3) is 0 Å². The van der Waals surface area contributed by atoms with Crippen molar-refractivity contribution in [2.24, 2.45) is 11.3 Å². The first kappa shape index (κ1) is 23.0. The van der Waals surface area contributed by atoms with Gasteiger partial charge in [-0.2, -0.15) is 0 Å². The lowest BCUT2D eigenvalue weighted by atomic mass is 9.71. The number of amides is 3. The minimum atomic E-state index is -0.556. The number of rotatable bonds is 6. The van der Waals surface area contributed by atoms with Gasteiger partial charge in [0.2, 0.25) is 17.7 Å². The van der Waals surface area contributed by atoms with Crippen LogP contribution < -0.4 is 5.32 Å². The van der Waals surface area contributed by atoms with Gasteiger partial charge < -0.3 is 15.1 Å². The van der Waals surface area contributed by atoms with Crippen LogP contribution in [0.2, 0.25) is 0 Å². The molecule has 174 valence electrons. The Labute approximate surface area is 196 Å². The van der Waals surface area contributed by atoms with Gasteiger partial charge in [0.15, 0.2) is 0 Å². The van der Waals surface area contributed by atoms with E-state index in [1.165, 1.54) is 0 Å². The van der Waals surface area contributed by atoms with Crippen molar-refractivity contribution >= 4 is 17.7 Å². The molecule has 0 bridgehead atoms. The average Bonchev–Trinajstić information content (AvgIpc) is 3.18. The van der Waals surface area contributed by atoms with Gasteiger partial charge in [-0.25, -0.2) is 0 Å². The fourth-order valence-electron chi connectivity index (χ4n) is 5.21. The Morgan fingerprint density at radius 2 is 1.70 bits per heavy atom. The second-order valence-corrected chi connectivity index (χ2v) is 9.34. The minimum absolute atomic E-state index is 0.0274. The van der Waals surface area contributed by atoms with Crippen LogP contribution in [0.3, 0.4) is 0 Å². The molecule has 2 fully saturated rings. The molecule has 2 heterocycles. The fourth-order valence-corrected chi connectivity index (χ4v) is 5.21. The van der Waals surface area contributed by atoms with E-state index in [1.807, 2.05) is 42.2 Å². The van der Waals surface area contributed by atoms with Gasteiger partial charge >= 0.3 is 0 Å². The summed E-state index contributed by atoms with van der Waals surface area (Å²) in [5.41, 5.74) is 2.88. The van der Waals surface area contributed by atoms with Crippen molar-refractivity contribution in [3.8, 4) is 11.1 Å². The molecule has 2 aromatic carbocycles. The maximum absolute atomic E-state index is 13.3. The standard InChI is InChI=1S/C27H33N3O3/c1-3-28-26(33)27(18-21-11-7-8-12-23(21)20-9-5-4-6-10-20)13-15-30(16-14-27)25(32)22-17-24(31)29(2)19-22/h4-12,22H,3,13-19H2,1-2H3,(H,28,33)/t22-/m1/s1. The zero-order valence-electron chi connectivity index (χ0n) is 19.5.